The lowest BCUT2D eigenvalue weighted by Gasteiger charge is -2.11. The van der Waals surface area contributed by atoms with Crippen molar-refractivity contribution < 1.29 is 0 Å². The summed E-state index contributed by atoms with van der Waals surface area (Å²) in [4.78, 5) is 9.41. The molecule has 0 spiro atoms. The summed E-state index contributed by atoms with van der Waals surface area (Å²) in [6, 6.07) is 9.84. The number of hydrogen-bond donors (Lipinski definition) is 0. The highest BCUT2D eigenvalue weighted by molar-refractivity contribution is 8.25. The Hall–Kier alpha value is -0.910. The molecule has 18 heavy (non-hydrogen) atoms. The smallest absolute Gasteiger partial charge is 0.0966 e. The zero-order valence-corrected chi connectivity index (χ0v) is 12.3. The fraction of sp³-hybridized carbons (Fsp3) is 0.154. The summed E-state index contributed by atoms with van der Waals surface area (Å²) in [7, 11) is 0. The standard InChI is InChI=1S/C13H12N2S3/c1-10(17-12-4-2-3-7-15-12)13(16)18-11-5-8-14-9-6-11/h2-10H,1H3. The van der Waals surface area contributed by atoms with Gasteiger partial charge in [-0.05, 0) is 31.2 Å². The van der Waals surface area contributed by atoms with Crippen molar-refractivity contribution in [2.45, 2.75) is 22.1 Å². The highest BCUT2D eigenvalue weighted by Gasteiger charge is 2.12. The first-order valence-corrected chi connectivity index (χ1v) is 7.55. The molecular weight excluding hydrogens is 280 g/mol. The molecule has 0 saturated carbocycles. The van der Waals surface area contributed by atoms with E-state index in [9.17, 15) is 0 Å². The molecule has 2 heterocycles. The van der Waals surface area contributed by atoms with E-state index in [4.69, 9.17) is 12.2 Å². The van der Waals surface area contributed by atoms with Crippen molar-refractivity contribution in [1.29, 1.82) is 0 Å². The first kappa shape index (κ1) is 13.5. The molecule has 0 amide bonds. The summed E-state index contributed by atoms with van der Waals surface area (Å²) in [5.74, 6) is 0. The van der Waals surface area contributed by atoms with E-state index >= 15 is 0 Å². The summed E-state index contributed by atoms with van der Waals surface area (Å²) in [5, 5.41) is 1.25. The van der Waals surface area contributed by atoms with Crippen LogP contribution in [0.1, 0.15) is 6.92 Å². The second-order valence-corrected chi connectivity index (χ2v) is 6.71. The SMILES string of the molecule is CC(Sc1ccccn1)C(=S)Sc1ccncc1. The Morgan fingerprint density at radius 1 is 1.17 bits per heavy atom. The molecule has 2 nitrogen and oxygen atoms in total. The molecule has 5 heteroatoms. The first-order valence-electron chi connectivity index (χ1n) is 5.45. The van der Waals surface area contributed by atoms with Crippen LogP contribution < -0.4 is 0 Å². The minimum Gasteiger partial charge on any atom is -0.265 e. The molecule has 2 rings (SSSR count). The number of thiocarbonyl (C=S) groups is 1. The van der Waals surface area contributed by atoms with E-state index < -0.39 is 0 Å². The lowest BCUT2D eigenvalue weighted by Crippen LogP contribution is -2.06. The van der Waals surface area contributed by atoms with Gasteiger partial charge in [-0.1, -0.05) is 41.8 Å². The average Bonchev–Trinajstić information content (AvgIpc) is 2.41. The van der Waals surface area contributed by atoms with Gasteiger partial charge in [0.1, 0.15) is 0 Å². The number of pyridine rings is 2. The van der Waals surface area contributed by atoms with E-state index in [1.165, 1.54) is 0 Å². The topological polar surface area (TPSA) is 25.8 Å². The van der Waals surface area contributed by atoms with Crippen LogP contribution in [0.3, 0.4) is 0 Å². The Morgan fingerprint density at radius 3 is 2.61 bits per heavy atom. The first-order chi connectivity index (χ1) is 8.75. The van der Waals surface area contributed by atoms with Crippen molar-refractivity contribution in [3.05, 3.63) is 48.9 Å². The molecule has 0 bridgehead atoms. The Kier molecular flexibility index (Phi) is 5.16. The molecule has 0 saturated heterocycles. The Balaban J connectivity index is 1.93. The maximum Gasteiger partial charge on any atom is 0.0966 e. The van der Waals surface area contributed by atoms with Gasteiger partial charge in [0.2, 0.25) is 0 Å². The average molecular weight is 292 g/mol. The van der Waals surface area contributed by atoms with Crippen molar-refractivity contribution in [1.82, 2.24) is 9.97 Å². The number of thioether (sulfide) groups is 2. The van der Waals surface area contributed by atoms with E-state index in [1.54, 1.807) is 42.1 Å². The summed E-state index contributed by atoms with van der Waals surface area (Å²) < 4.78 is 0.955. The fourth-order valence-electron chi connectivity index (χ4n) is 1.25. The predicted octanol–water partition coefficient (Wildman–Crippen LogP) is 4.08. The van der Waals surface area contributed by atoms with E-state index in [2.05, 4.69) is 16.9 Å². The van der Waals surface area contributed by atoms with Crippen LogP contribution in [0.15, 0.2) is 58.8 Å². The van der Waals surface area contributed by atoms with Gasteiger partial charge in [-0.15, -0.1) is 0 Å². The number of nitrogens with zero attached hydrogens (tertiary/aromatic N) is 2. The zero-order valence-electron chi connectivity index (χ0n) is 9.82. The van der Waals surface area contributed by atoms with Crippen LogP contribution in [-0.4, -0.2) is 19.4 Å². The minimum absolute atomic E-state index is 0.244. The molecule has 1 unspecified atom stereocenters. The van der Waals surface area contributed by atoms with Gasteiger partial charge in [-0.25, -0.2) is 4.98 Å². The third kappa shape index (κ3) is 4.08. The summed E-state index contributed by atoms with van der Waals surface area (Å²) >= 11 is 8.75. The highest BCUT2D eigenvalue weighted by Crippen LogP contribution is 2.29. The van der Waals surface area contributed by atoms with Gasteiger partial charge < -0.3 is 0 Å². The van der Waals surface area contributed by atoms with Crippen molar-refractivity contribution in [2.75, 3.05) is 0 Å². The molecule has 92 valence electrons. The van der Waals surface area contributed by atoms with Crippen molar-refractivity contribution in [3.63, 3.8) is 0 Å². The lowest BCUT2D eigenvalue weighted by molar-refractivity contribution is 1.13. The van der Waals surface area contributed by atoms with E-state index in [0.717, 1.165) is 14.1 Å². The summed E-state index contributed by atoms with van der Waals surface area (Å²) in [6.07, 6.45) is 5.36. The van der Waals surface area contributed by atoms with Crippen LogP contribution in [0.5, 0.6) is 0 Å². The van der Waals surface area contributed by atoms with Gasteiger partial charge in [0.05, 0.1) is 9.22 Å². The van der Waals surface area contributed by atoms with Gasteiger partial charge >= 0.3 is 0 Å². The van der Waals surface area contributed by atoms with Gasteiger partial charge in [-0.2, -0.15) is 0 Å². The number of aromatic nitrogens is 2. The lowest BCUT2D eigenvalue weighted by atomic mass is 10.5. The monoisotopic (exact) mass is 292 g/mol. The van der Waals surface area contributed by atoms with Crippen LogP contribution in [-0.2, 0) is 0 Å². The quantitative estimate of drug-likeness (QED) is 0.625. The molecule has 2 aromatic heterocycles. The summed E-state index contributed by atoms with van der Waals surface area (Å²) in [5.41, 5.74) is 0. The second kappa shape index (κ2) is 6.87. The van der Waals surface area contributed by atoms with Gasteiger partial charge in [-0.3, -0.25) is 4.98 Å². The van der Waals surface area contributed by atoms with E-state index in [-0.39, 0.29) is 5.25 Å². The molecular formula is C13H12N2S3. The molecule has 0 fully saturated rings. The highest BCUT2D eigenvalue weighted by atomic mass is 32.2. The second-order valence-electron chi connectivity index (χ2n) is 3.53. The normalized spacial score (nSPS) is 12.1. The molecule has 0 aromatic carbocycles. The third-order valence-corrected chi connectivity index (χ3v) is 5.17. The number of rotatable bonds is 4. The molecule has 0 radical (unpaired) electrons. The fourth-order valence-corrected chi connectivity index (χ4v) is 3.37. The van der Waals surface area contributed by atoms with Crippen LogP contribution in [0.25, 0.3) is 0 Å². The van der Waals surface area contributed by atoms with Crippen molar-refractivity contribution in [2.24, 2.45) is 0 Å². The molecule has 0 aliphatic heterocycles. The zero-order chi connectivity index (χ0) is 12.8. The third-order valence-electron chi connectivity index (χ3n) is 2.14. The number of hydrogen-bond acceptors (Lipinski definition) is 5. The predicted molar refractivity (Wildman–Crippen MR) is 82.2 cm³/mol. The van der Waals surface area contributed by atoms with Crippen LogP contribution in [0, 0.1) is 0 Å². The van der Waals surface area contributed by atoms with Gasteiger partial charge in [0.25, 0.3) is 0 Å². The Morgan fingerprint density at radius 2 is 1.94 bits per heavy atom. The molecule has 0 aliphatic carbocycles. The Bertz CT molecular complexity index is 502. The van der Waals surface area contributed by atoms with Crippen molar-refractivity contribution >= 4 is 39.9 Å². The van der Waals surface area contributed by atoms with Gasteiger partial charge in [0.15, 0.2) is 0 Å². The molecule has 2 aromatic rings. The maximum atomic E-state index is 5.45. The van der Waals surface area contributed by atoms with E-state index in [0.29, 0.717) is 0 Å². The molecule has 1 atom stereocenters. The molecule has 0 N–H and O–H groups in total. The van der Waals surface area contributed by atoms with E-state index in [1.807, 2.05) is 30.3 Å². The maximum absolute atomic E-state index is 5.45. The van der Waals surface area contributed by atoms with Gasteiger partial charge in [0, 0.05) is 28.7 Å². The Labute approximate surface area is 121 Å². The molecule has 0 aliphatic rings. The van der Waals surface area contributed by atoms with Crippen LogP contribution >= 0.6 is 35.7 Å². The largest absolute Gasteiger partial charge is 0.265 e. The minimum atomic E-state index is 0.244. The van der Waals surface area contributed by atoms with Crippen molar-refractivity contribution in [3.8, 4) is 0 Å². The summed E-state index contributed by atoms with van der Waals surface area (Å²) in [6.45, 7) is 2.11. The van der Waals surface area contributed by atoms with Crippen LogP contribution in [0.2, 0.25) is 0 Å². The van der Waals surface area contributed by atoms with Crippen LogP contribution in [0.4, 0.5) is 0 Å².